The number of nitrogens with zero attached hydrogens (tertiary/aromatic N) is 2. The molecular formula is C13H21ClN2O2. The molecule has 1 N–H and O–H groups in total. The van der Waals surface area contributed by atoms with Crippen molar-refractivity contribution >= 4 is 11.6 Å². The van der Waals surface area contributed by atoms with Gasteiger partial charge in [0.25, 0.3) is 0 Å². The second-order valence-electron chi connectivity index (χ2n) is 5.06. The van der Waals surface area contributed by atoms with Crippen LogP contribution in [-0.2, 0) is 24.6 Å². The molecular weight excluding hydrogens is 252 g/mol. The van der Waals surface area contributed by atoms with E-state index in [9.17, 15) is 5.11 Å². The first-order valence-electron chi connectivity index (χ1n) is 6.54. The summed E-state index contributed by atoms with van der Waals surface area (Å²) in [7, 11) is 1.87. The van der Waals surface area contributed by atoms with Gasteiger partial charge in [-0.15, -0.1) is 0 Å². The fourth-order valence-corrected chi connectivity index (χ4v) is 2.94. The Morgan fingerprint density at radius 3 is 2.83 bits per heavy atom. The van der Waals surface area contributed by atoms with Crippen LogP contribution in [-0.4, -0.2) is 33.7 Å². The monoisotopic (exact) mass is 272 g/mol. The van der Waals surface area contributed by atoms with Crippen molar-refractivity contribution in [1.82, 2.24) is 9.78 Å². The summed E-state index contributed by atoms with van der Waals surface area (Å²) in [6.07, 6.45) is 1.72. The molecule has 1 fully saturated rings. The fourth-order valence-electron chi connectivity index (χ4n) is 2.56. The first-order valence-corrected chi connectivity index (χ1v) is 6.92. The van der Waals surface area contributed by atoms with E-state index in [0.29, 0.717) is 17.4 Å². The lowest BCUT2D eigenvalue weighted by Crippen LogP contribution is -2.32. The van der Waals surface area contributed by atoms with Crippen LogP contribution in [0.15, 0.2) is 0 Å². The van der Waals surface area contributed by atoms with Gasteiger partial charge in [-0.1, -0.05) is 25.4 Å². The summed E-state index contributed by atoms with van der Waals surface area (Å²) >= 11 is 6.28. The molecule has 18 heavy (non-hydrogen) atoms. The normalized spacial score (nSPS) is 25.6. The molecule has 1 aromatic rings. The highest BCUT2D eigenvalue weighted by Gasteiger charge is 2.32. The lowest BCUT2D eigenvalue weighted by molar-refractivity contribution is -0.0165. The minimum atomic E-state index is -0.514. The topological polar surface area (TPSA) is 47.3 Å². The van der Waals surface area contributed by atoms with Crippen molar-refractivity contribution < 1.29 is 9.84 Å². The second-order valence-corrected chi connectivity index (χ2v) is 5.44. The Morgan fingerprint density at radius 2 is 2.33 bits per heavy atom. The van der Waals surface area contributed by atoms with Crippen LogP contribution in [0.4, 0.5) is 0 Å². The van der Waals surface area contributed by atoms with Crippen LogP contribution < -0.4 is 0 Å². The summed E-state index contributed by atoms with van der Waals surface area (Å²) in [4.78, 5) is 0. The highest BCUT2D eigenvalue weighted by molar-refractivity contribution is 6.31. The Hall–Kier alpha value is -0.580. The van der Waals surface area contributed by atoms with Gasteiger partial charge in [0.1, 0.15) is 0 Å². The maximum absolute atomic E-state index is 10.3. The Kier molecular flexibility index (Phi) is 4.30. The van der Waals surface area contributed by atoms with Crippen LogP contribution in [0.25, 0.3) is 0 Å². The number of aromatic nitrogens is 2. The predicted octanol–water partition coefficient (Wildman–Crippen LogP) is 1.96. The molecule has 1 aliphatic heterocycles. The standard InChI is InChI=1S/C13H21ClN2O2/c1-4-9-12(14)10(16(3)15-9)7-11(17)13-8(2)5-6-18-13/h8,11,13,17H,4-7H2,1-3H3. The molecule has 2 heterocycles. The number of hydrogen-bond donors (Lipinski definition) is 1. The molecule has 1 aliphatic rings. The average Bonchev–Trinajstić information content (AvgIpc) is 2.87. The van der Waals surface area contributed by atoms with Crippen LogP contribution in [0, 0.1) is 5.92 Å². The van der Waals surface area contributed by atoms with Gasteiger partial charge in [0, 0.05) is 20.1 Å². The average molecular weight is 273 g/mol. The number of aliphatic hydroxyl groups is 1. The van der Waals surface area contributed by atoms with E-state index in [0.717, 1.165) is 30.8 Å². The van der Waals surface area contributed by atoms with Crippen LogP contribution in [0.1, 0.15) is 31.7 Å². The summed E-state index contributed by atoms with van der Waals surface area (Å²) in [6, 6.07) is 0. The maximum Gasteiger partial charge on any atom is 0.0864 e. The third kappa shape index (κ3) is 2.56. The summed E-state index contributed by atoms with van der Waals surface area (Å²) in [6.45, 7) is 4.88. The van der Waals surface area contributed by atoms with E-state index in [1.54, 1.807) is 4.68 Å². The highest BCUT2D eigenvalue weighted by atomic mass is 35.5. The molecule has 0 saturated carbocycles. The summed E-state index contributed by atoms with van der Waals surface area (Å²) < 4.78 is 7.36. The molecule has 0 amide bonds. The highest BCUT2D eigenvalue weighted by Crippen LogP contribution is 2.27. The molecule has 0 spiro atoms. The van der Waals surface area contributed by atoms with Gasteiger partial charge >= 0.3 is 0 Å². The Bertz CT molecular complexity index is 419. The molecule has 3 atom stereocenters. The molecule has 1 aromatic heterocycles. The molecule has 0 aromatic carbocycles. The number of ether oxygens (including phenoxy) is 1. The molecule has 0 bridgehead atoms. The minimum absolute atomic E-state index is 0.0824. The zero-order valence-electron chi connectivity index (χ0n) is 11.2. The third-order valence-corrected chi connectivity index (χ3v) is 4.17. The molecule has 3 unspecified atom stereocenters. The molecule has 1 saturated heterocycles. The molecule has 5 heteroatoms. The van der Waals surface area contributed by atoms with Gasteiger partial charge in [0.2, 0.25) is 0 Å². The first kappa shape index (κ1) is 13.8. The van der Waals surface area contributed by atoms with Crippen molar-refractivity contribution in [2.45, 2.75) is 45.3 Å². The van der Waals surface area contributed by atoms with Crippen LogP contribution in [0.3, 0.4) is 0 Å². The van der Waals surface area contributed by atoms with Crippen molar-refractivity contribution in [1.29, 1.82) is 0 Å². The zero-order valence-corrected chi connectivity index (χ0v) is 11.9. The molecule has 4 nitrogen and oxygen atoms in total. The van der Waals surface area contributed by atoms with Crippen molar-refractivity contribution in [3.63, 3.8) is 0 Å². The van der Waals surface area contributed by atoms with Crippen molar-refractivity contribution in [3.8, 4) is 0 Å². The second kappa shape index (κ2) is 5.59. The predicted molar refractivity (Wildman–Crippen MR) is 70.8 cm³/mol. The quantitative estimate of drug-likeness (QED) is 0.912. The van der Waals surface area contributed by atoms with Crippen molar-refractivity contribution in [2.24, 2.45) is 13.0 Å². The summed E-state index contributed by atoms with van der Waals surface area (Å²) in [5.74, 6) is 0.401. The largest absolute Gasteiger partial charge is 0.390 e. The Balaban J connectivity index is 2.11. The van der Waals surface area contributed by atoms with E-state index in [1.165, 1.54) is 0 Å². The molecule has 2 rings (SSSR count). The zero-order chi connectivity index (χ0) is 13.3. The van der Waals surface area contributed by atoms with Crippen molar-refractivity contribution in [2.75, 3.05) is 6.61 Å². The van der Waals surface area contributed by atoms with E-state index in [-0.39, 0.29) is 6.10 Å². The van der Waals surface area contributed by atoms with E-state index >= 15 is 0 Å². The van der Waals surface area contributed by atoms with Gasteiger partial charge in [-0.25, -0.2) is 0 Å². The van der Waals surface area contributed by atoms with E-state index in [4.69, 9.17) is 16.3 Å². The van der Waals surface area contributed by atoms with Crippen molar-refractivity contribution in [3.05, 3.63) is 16.4 Å². The fraction of sp³-hybridized carbons (Fsp3) is 0.769. The van der Waals surface area contributed by atoms with Gasteiger partial charge in [-0.3, -0.25) is 4.68 Å². The molecule has 0 aliphatic carbocycles. The number of aliphatic hydroxyl groups excluding tert-OH is 1. The van der Waals surface area contributed by atoms with Crippen LogP contribution >= 0.6 is 11.6 Å². The lowest BCUT2D eigenvalue weighted by Gasteiger charge is -2.21. The number of hydrogen-bond acceptors (Lipinski definition) is 3. The smallest absolute Gasteiger partial charge is 0.0864 e. The first-order chi connectivity index (χ1) is 8.54. The van der Waals surface area contributed by atoms with Gasteiger partial charge < -0.3 is 9.84 Å². The summed E-state index contributed by atoms with van der Waals surface area (Å²) in [5.41, 5.74) is 1.78. The van der Waals surface area contributed by atoms with Gasteiger partial charge in [-0.2, -0.15) is 5.10 Å². The lowest BCUT2D eigenvalue weighted by atomic mass is 9.96. The van der Waals surface area contributed by atoms with E-state index < -0.39 is 6.10 Å². The van der Waals surface area contributed by atoms with Gasteiger partial charge in [-0.05, 0) is 18.8 Å². The SMILES string of the molecule is CCc1nn(C)c(CC(O)C2OCCC2C)c1Cl. The van der Waals surface area contributed by atoms with E-state index in [1.807, 2.05) is 14.0 Å². The Morgan fingerprint density at radius 1 is 1.61 bits per heavy atom. The third-order valence-electron chi connectivity index (χ3n) is 3.73. The van der Waals surface area contributed by atoms with E-state index in [2.05, 4.69) is 12.0 Å². The van der Waals surface area contributed by atoms with Crippen LogP contribution in [0.5, 0.6) is 0 Å². The molecule has 0 radical (unpaired) electrons. The van der Waals surface area contributed by atoms with Crippen LogP contribution in [0.2, 0.25) is 5.02 Å². The Labute approximate surface area is 113 Å². The summed E-state index contributed by atoms with van der Waals surface area (Å²) in [5, 5.41) is 15.3. The molecule has 102 valence electrons. The number of halogens is 1. The maximum atomic E-state index is 10.3. The van der Waals surface area contributed by atoms with Gasteiger partial charge in [0.15, 0.2) is 0 Å². The number of rotatable bonds is 4. The minimum Gasteiger partial charge on any atom is -0.390 e. The van der Waals surface area contributed by atoms with Gasteiger partial charge in [0.05, 0.1) is 28.6 Å². The number of aryl methyl sites for hydroxylation is 2.